The molecule has 0 heterocycles. The largest absolute Gasteiger partial charge is 0.454 e. The molecular formula is C12H7BrCl2N2O3. The van der Waals surface area contributed by atoms with E-state index in [1.54, 1.807) is 0 Å². The summed E-state index contributed by atoms with van der Waals surface area (Å²) in [6.45, 7) is 0. The van der Waals surface area contributed by atoms with Crippen LogP contribution in [-0.2, 0) is 0 Å². The first-order valence-corrected chi connectivity index (χ1v) is 6.79. The van der Waals surface area contributed by atoms with E-state index in [9.17, 15) is 10.1 Å². The first-order chi connectivity index (χ1) is 9.38. The first kappa shape index (κ1) is 14.9. The van der Waals surface area contributed by atoms with Crippen LogP contribution in [0.3, 0.4) is 0 Å². The minimum absolute atomic E-state index is 0.0631. The van der Waals surface area contributed by atoms with Gasteiger partial charge in [-0.2, -0.15) is 0 Å². The number of nitrogens with two attached hydrogens (primary N) is 1. The quantitative estimate of drug-likeness (QED) is 0.461. The van der Waals surface area contributed by atoms with Crippen LogP contribution in [0.2, 0.25) is 10.0 Å². The molecule has 2 N–H and O–H groups in total. The lowest BCUT2D eigenvalue weighted by atomic mass is 10.3. The lowest BCUT2D eigenvalue weighted by Gasteiger charge is -2.10. The van der Waals surface area contributed by atoms with Crippen LogP contribution in [-0.4, -0.2) is 4.92 Å². The van der Waals surface area contributed by atoms with Gasteiger partial charge in [0.1, 0.15) is 5.75 Å². The van der Waals surface area contributed by atoms with E-state index >= 15 is 0 Å². The molecular weight excluding hydrogens is 371 g/mol. The van der Waals surface area contributed by atoms with Crippen molar-refractivity contribution in [3.8, 4) is 11.5 Å². The molecule has 2 rings (SSSR count). The van der Waals surface area contributed by atoms with Crippen LogP contribution in [0.4, 0.5) is 11.4 Å². The molecule has 0 bridgehead atoms. The monoisotopic (exact) mass is 376 g/mol. The first-order valence-electron chi connectivity index (χ1n) is 5.25. The lowest BCUT2D eigenvalue weighted by Crippen LogP contribution is -1.92. The molecule has 0 fully saturated rings. The highest BCUT2D eigenvalue weighted by Crippen LogP contribution is 2.39. The van der Waals surface area contributed by atoms with Crippen molar-refractivity contribution in [2.75, 3.05) is 5.73 Å². The third-order valence-corrected chi connectivity index (χ3v) is 3.55. The molecule has 5 nitrogen and oxygen atoms in total. The fourth-order valence-corrected chi connectivity index (χ4v) is 2.58. The predicted molar refractivity (Wildman–Crippen MR) is 81.7 cm³/mol. The Labute approximate surface area is 132 Å². The normalized spacial score (nSPS) is 10.3. The van der Waals surface area contributed by atoms with E-state index < -0.39 is 4.92 Å². The van der Waals surface area contributed by atoms with Gasteiger partial charge in [-0.3, -0.25) is 10.1 Å². The molecule has 0 atom stereocenters. The van der Waals surface area contributed by atoms with Gasteiger partial charge in [-0.15, -0.1) is 0 Å². The number of nitrogens with zero attached hydrogens (tertiary/aromatic N) is 1. The summed E-state index contributed by atoms with van der Waals surface area (Å²) in [6.07, 6.45) is 0. The number of rotatable bonds is 3. The highest BCUT2D eigenvalue weighted by atomic mass is 79.9. The molecule has 0 radical (unpaired) electrons. The van der Waals surface area contributed by atoms with Crippen LogP contribution in [0.1, 0.15) is 0 Å². The number of ether oxygens (including phenoxy) is 1. The minimum Gasteiger partial charge on any atom is -0.454 e. The van der Waals surface area contributed by atoms with E-state index in [2.05, 4.69) is 15.9 Å². The second-order valence-electron chi connectivity index (χ2n) is 3.79. The van der Waals surface area contributed by atoms with E-state index in [0.717, 1.165) is 0 Å². The van der Waals surface area contributed by atoms with Crippen LogP contribution in [0.25, 0.3) is 0 Å². The Kier molecular flexibility index (Phi) is 4.37. The molecule has 0 aromatic heterocycles. The standard InChI is InChI=1S/C12H7BrCl2N2O3/c13-8-5-7(1-2-11(8)17(18)19)20-12-9(14)3-6(16)4-10(12)15/h1-5H,16H2. The van der Waals surface area contributed by atoms with Gasteiger partial charge in [0.25, 0.3) is 5.69 Å². The van der Waals surface area contributed by atoms with E-state index in [1.807, 2.05) is 0 Å². The molecule has 0 saturated carbocycles. The smallest absolute Gasteiger partial charge is 0.283 e. The Bertz CT molecular complexity index is 671. The summed E-state index contributed by atoms with van der Waals surface area (Å²) >= 11 is 15.1. The molecule has 104 valence electrons. The van der Waals surface area contributed by atoms with Crippen molar-refractivity contribution < 1.29 is 9.66 Å². The van der Waals surface area contributed by atoms with Crippen LogP contribution < -0.4 is 10.5 Å². The van der Waals surface area contributed by atoms with Gasteiger partial charge in [0.05, 0.1) is 19.4 Å². The van der Waals surface area contributed by atoms with Crippen LogP contribution >= 0.6 is 39.1 Å². The number of hydrogen-bond acceptors (Lipinski definition) is 4. The van der Waals surface area contributed by atoms with Crippen LogP contribution in [0.15, 0.2) is 34.8 Å². The summed E-state index contributed by atoms with van der Waals surface area (Å²) in [5.41, 5.74) is 5.94. The summed E-state index contributed by atoms with van der Waals surface area (Å²) in [7, 11) is 0. The lowest BCUT2D eigenvalue weighted by molar-refractivity contribution is -0.385. The summed E-state index contributed by atoms with van der Waals surface area (Å²) < 4.78 is 5.83. The Balaban J connectivity index is 2.36. The molecule has 0 aliphatic carbocycles. The van der Waals surface area contributed by atoms with Gasteiger partial charge < -0.3 is 10.5 Å². The van der Waals surface area contributed by atoms with Crippen molar-refractivity contribution in [3.05, 3.63) is 55.0 Å². The summed E-state index contributed by atoms with van der Waals surface area (Å²) in [6, 6.07) is 7.23. The predicted octanol–water partition coefficient (Wildman–Crippen LogP) is 5.04. The molecule has 2 aromatic carbocycles. The van der Waals surface area contributed by atoms with Gasteiger partial charge in [0.2, 0.25) is 0 Å². The molecule has 8 heteroatoms. The second-order valence-corrected chi connectivity index (χ2v) is 5.45. The van der Waals surface area contributed by atoms with E-state index in [0.29, 0.717) is 15.9 Å². The molecule has 20 heavy (non-hydrogen) atoms. The fraction of sp³-hybridized carbons (Fsp3) is 0. The Morgan fingerprint density at radius 1 is 1.20 bits per heavy atom. The maximum atomic E-state index is 10.7. The van der Waals surface area contributed by atoms with E-state index in [1.165, 1.54) is 30.3 Å². The third-order valence-electron chi connectivity index (χ3n) is 2.36. The van der Waals surface area contributed by atoms with Gasteiger partial charge in [-0.25, -0.2) is 0 Å². The maximum Gasteiger partial charge on any atom is 0.283 e. The SMILES string of the molecule is Nc1cc(Cl)c(Oc2ccc([N+](=O)[O-])c(Br)c2)c(Cl)c1. The number of benzene rings is 2. The minimum atomic E-state index is -0.503. The Morgan fingerprint density at radius 2 is 1.80 bits per heavy atom. The average Bonchev–Trinajstić information content (AvgIpc) is 2.33. The number of anilines is 1. The average molecular weight is 378 g/mol. The number of nitro groups is 1. The highest BCUT2D eigenvalue weighted by Gasteiger charge is 2.15. The molecule has 0 aliphatic rings. The van der Waals surface area contributed by atoms with Gasteiger partial charge in [0, 0.05) is 17.8 Å². The van der Waals surface area contributed by atoms with Gasteiger partial charge >= 0.3 is 0 Å². The van der Waals surface area contributed by atoms with Gasteiger partial charge in [-0.05, 0) is 34.1 Å². The second kappa shape index (κ2) is 5.87. The van der Waals surface area contributed by atoms with Crippen molar-refractivity contribution in [3.63, 3.8) is 0 Å². The maximum absolute atomic E-state index is 10.7. The summed E-state index contributed by atoms with van der Waals surface area (Å²) in [5.74, 6) is 0.597. The Morgan fingerprint density at radius 3 is 2.30 bits per heavy atom. The molecule has 0 aliphatic heterocycles. The van der Waals surface area contributed by atoms with Gasteiger partial charge in [-0.1, -0.05) is 23.2 Å². The zero-order valence-electron chi connectivity index (χ0n) is 9.77. The Hall–Kier alpha value is -1.50. The topological polar surface area (TPSA) is 78.4 Å². The van der Waals surface area contributed by atoms with Gasteiger partial charge in [0.15, 0.2) is 5.75 Å². The van der Waals surface area contributed by atoms with Crippen molar-refractivity contribution in [1.82, 2.24) is 0 Å². The van der Waals surface area contributed by atoms with Crippen molar-refractivity contribution in [2.45, 2.75) is 0 Å². The van der Waals surface area contributed by atoms with E-state index in [4.69, 9.17) is 33.7 Å². The van der Waals surface area contributed by atoms with Crippen molar-refractivity contribution in [2.24, 2.45) is 0 Å². The molecule has 0 amide bonds. The zero-order chi connectivity index (χ0) is 14.9. The van der Waals surface area contributed by atoms with Crippen molar-refractivity contribution in [1.29, 1.82) is 0 Å². The molecule has 0 saturated heterocycles. The number of nitrogen functional groups attached to an aromatic ring is 1. The van der Waals surface area contributed by atoms with Crippen LogP contribution in [0.5, 0.6) is 11.5 Å². The van der Waals surface area contributed by atoms with Crippen molar-refractivity contribution >= 4 is 50.5 Å². The summed E-state index contributed by atoms with van der Waals surface area (Å²) in [5, 5.41) is 11.2. The molecule has 0 spiro atoms. The van der Waals surface area contributed by atoms with E-state index in [-0.39, 0.29) is 21.5 Å². The number of nitro benzene ring substituents is 1. The molecule has 0 unspecified atom stereocenters. The third kappa shape index (κ3) is 3.15. The summed E-state index contributed by atoms with van der Waals surface area (Å²) in [4.78, 5) is 10.2. The zero-order valence-corrected chi connectivity index (χ0v) is 12.9. The van der Waals surface area contributed by atoms with Crippen LogP contribution in [0, 0.1) is 10.1 Å². The molecule has 2 aromatic rings. The highest BCUT2D eigenvalue weighted by molar-refractivity contribution is 9.10. The fourth-order valence-electron chi connectivity index (χ4n) is 1.49. The number of hydrogen-bond donors (Lipinski definition) is 1. The number of halogens is 3.